The molecule has 112 valence electrons. The van der Waals surface area contributed by atoms with E-state index in [1.807, 2.05) is 0 Å². The van der Waals surface area contributed by atoms with Crippen molar-refractivity contribution in [2.75, 3.05) is 6.61 Å². The van der Waals surface area contributed by atoms with E-state index in [1.165, 1.54) is 5.56 Å². The Kier molecular flexibility index (Phi) is 5.22. The summed E-state index contributed by atoms with van der Waals surface area (Å²) in [6, 6.07) is 11.9. The molecule has 1 N–H and O–H groups in total. The van der Waals surface area contributed by atoms with Crippen molar-refractivity contribution in [3.63, 3.8) is 0 Å². The van der Waals surface area contributed by atoms with Gasteiger partial charge in [0.15, 0.2) is 0 Å². The van der Waals surface area contributed by atoms with E-state index in [-0.39, 0.29) is 0 Å². The van der Waals surface area contributed by atoms with Gasteiger partial charge < -0.3 is 10.1 Å². The van der Waals surface area contributed by atoms with E-state index < -0.39 is 0 Å². The van der Waals surface area contributed by atoms with Gasteiger partial charge >= 0.3 is 0 Å². The summed E-state index contributed by atoms with van der Waals surface area (Å²) in [6.45, 7) is 9.85. The minimum absolute atomic E-state index is 0.330. The molecule has 1 aromatic carbocycles. The quantitative estimate of drug-likeness (QED) is 0.834. The number of benzene rings is 1. The van der Waals surface area contributed by atoms with Crippen LogP contribution in [0.2, 0.25) is 0 Å². The fourth-order valence-electron chi connectivity index (χ4n) is 2.93. The maximum atomic E-state index is 5.66. The van der Waals surface area contributed by atoms with E-state index in [0.29, 0.717) is 23.6 Å². The standard InChI is InChI=1S/C18H29NO/c1-5-20-16-11-15(12-16)19-17(13-18(2,3)4)14-9-7-6-8-10-14/h6-10,15-17,19H,5,11-13H2,1-4H3. The maximum Gasteiger partial charge on any atom is 0.0604 e. The summed E-state index contributed by atoms with van der Waals surface area (Å²) in [4.78, 5) is 0. The van der Waals surface area contributed by atoms with Crippen LogP contribution < -0.4 is 5.32 Å². The van der Waals surface area contributed by atoms with Gasteiger partial charge in [-0.15, -0.1) is 0 Å². The first-order valence-electron chi connectivity index (χ1n) is 7.90. The van der Waals surface area contributed by atoms with Crippen LogP contribution in [-0.4, -0.2) is 18.8 Å². The lowest BCUT2D eigenvalue weighted by atomic mass is 9.82. The monoisotopic (exact) mass is 275 g/mol. The smallest absolute Gasteiger partial charge is 0.0604 e. The lowest BCUT2D eigenvalue weighted by molar-refractivity contribution is -0.0135. The Bertz CT molecular complexity index is 390. The maximum absolute atomic E-state index is 5.66. The van der Waals surface area contributed by atoms with E-state index in [9.17, 15) is 0 Å². The Morgan fingerprint density at radius 3 is 2.40 bits per heavy atom. The Morgan fingerprint density at radius 1 is 1.20 bits per heavy atom. The molecule has 0 radical (unpaired) electrons. The van der Waals surface area contributed by atoms with Crippen LogP contribution in [0.5, 0.6) is 0 Å². The van der Waals surface area contributed by atoms with Gasteiger partial charge in [-0.2, -0.15) is 0 Å². The second-order valence-corrected chi connectivity index (χ2v) is 7.14. The van der Waals surface area contributed by atoms with Gasteiger partial charge in [-0.05, 0) is 37.2 Å². The molecule has 0 aromatic heterocycles. The highest BCUT2D eigenvalue weighted by Crippen LogP contribution is 2.32. The number of rotatable bonds is 6. The Labute approximate surface area is 123 Å². The van der Waals surface area contributed by atoms with Crippen LogP contribution in [0.1, 0.15) is 58.6 Å². The molecule has 0 amide bonds. The lowest BCUT2D eigenvalue weighted by Gasteiger charge is -2.39. The van der Waals surface area contributed by atoms with Gasteiger partial charge in [-0.1, -0.05) is 51.1 Å². The first kappa shape index (κ1) is 15.5. The van der Waals surface area contributed by atoms with E-state index in [2.05, 4.69) is 63.3 Å². The summed E-state index contributed by atoms with van der Waals surface area (Å²) in [5.74, 6) is 0. The van der Waals surface area contributed by atoms with Crippen molar-refractivity contribution in [3.05, 3.63) is 35.9 Å². The molecule has 0 aliphatic heterocycles. The molecule has 1 aliphatic carbocycles. The van der Waals surface area contributed by atoms with Crippen LogP contribution in [0.25, 0.3) is 0 Å². The minimum Gasteiger partial charge on any atom is -0.378 e. The van der Waals surface area contributed by atoms with E-state index in [4.69, 9.17) is 4.74 Å². The van der Waals surface area contributed by atoms with Crippen LogP contribution in [-0.2, 0) is 4.74 Å². The summed E-state index contributed by atoms with van der Waals surface area (Å²) in [5, 5.41) is 3.83. The van der Waals surface area contributed by atoms with Crippen LogP contribution in [0.4, 0.5) is 0 Å². The van der Waals surface area contributed by atoms with Crippen molar-refractivity contribution in [3.8, 4) is 0 Å². The first-order valence-corrected chi connectivity index (χ1v) is 7.90. The molecular weight excluding hydrogens is 246 g/mol. The third-order valence-corrected chi connectivity index (χ3v) is 3.95. The van der Waals surface area contributed by atoms with Crippen molar-refractivity contribution >= 4 is 0 Å². The molecule has 0 saturated heterocycles. The predicted octanol–water partition coefficient (Wildman–Crippen LogP) is 4.32. The molecule has 1 aromatic rings. The van der Waals surface area contributed by atoms with Crippen LogP contribution in [0.15, 0.2) is 30.3 Å². The molecule has 1 fully saturated rings. The molecular formula is C18H29NO. The van der Waals surface area contributed by atoms with Gasteiger partial charge in [-0.3, -0.25) is 0 Å². The Hall–Kier alpha value is -0.860. The molecule has 1 aliphatic rings. The zero-order valence-corrected chi connectivity index (χ0v) is 13.4. The van der Waals surface area contributed by atoms with Gasteiger partial charge in [-0.25, -0.2) is 0 Å². The largest absolute Gasteiger partial charge is 0.378 e. The third-order valence-electron chi connectivity index (χ3n) is 3.95. The van der Waals surface area contributed by atoms with Crippen molar-refractivity contribution in [1.29, 1.82) is 0 Å². The van der Waals surface area contributed by atoms with Crippen molar-refractivity contribution in [1.82, 2.24) is 5.32 Å². The third kappa shape index (κ3) is 4.60. The highest BCUT2D eigenvalue weighted by Gasteiger charge is 2.32. The summed E-state index contributed by atoms with van der Waals surface area (Å²) >= 11 is 0. The van der Waals surface area contributed by atoms with Crippen LogP contribution in [0.3, 0.4) is 0 Å². The Morgan fingerprint density at radius 2 is 1.85 bits per heavy atom. The van der Waals surface area contributed by atoms with Gasteiger partial charge in [0.05, 0.1) is 6.10 Å². The summed E-state index contributed by atoms with van der Waals surface area (Å²) in [7, 11) is 0. The van der Waals surface area contributed by atoms with Crippen LogP contribution in [0, 0.1) is 5.41 Å². The second-order valence-electron chi connectivity index (χ2n) is 7.14. The number of ether oxygens (including phenoxy) is 1. The average molecular weight is 275 g/mol. The molecule has 2 nitrogen and oxygen atoms in total. The zero-order chi connectivity index (χ0) is 14.6. The summed E-state index contributed by atoms with van der Waals surface area (Å²) in [6.07, 6.45) is 3.94. The fraction of sp³-hybridized carbons (Fsp3) is 0.667. The van der Waals surface area contributed by atoms with Gasteiger partial charge in [0.1, 0.15) is 0 Å². The average Bonchev–Trinajstić information content (AvgIpc) is 2.35. The van der Waals surface area contributed by atoms with E-state index >= 15 is 0 Å². The van der Waals surface area contributed by atoms with Crippen molar-refractivity contribution in [2.45, 2.75) is 65.1 Å². The topological polar surface area (TPSA) is 21.3 Å². The van der Waals surface area contributed by atoms with Gasteiger partial charge in [0.25, 0.3) is 0 Å². The fourth-order valence-corrected chi connectivity index (χ4v) is 2.93. The molecule has 1 unspecified atom stereocenters. The first-order chi connectivity index (χ1) is 9.48. The van der Waals surface area contributed by atoms with Crippen molar-refractivity contribution in [2.24, 2.45) is 5.41 Å². The SMILES string of the molecule is CCOC1CC(NC(CC(C)(C)C)c2ccccc2)C1. The molecule has 20 heavy (non-hydrogen) atoms. The summed E-state index contributed by atoms with van der Waals surface area (Å²) in [5.41, 5.74) is 1.73. The molecule has 0 spiro atoms. The number of hydrogen-bond donors (Lipinski definition) is 1. The Balaban J connectivity index is 1.94. The summed E-state index contributed by atoms with van der Waals surface area (Å²) < 4.78 is 5.66. The van der Waals surface area contributed by atoms with E-state index in [0.717, 1.165) is 25.9 Å². The molecule has 2 rings (SSSR count). The minimum atomic E-state index is 0.330. The molecule has 1 saturated carbocycles. The second kappa shape index (κ2) is 6.73. The highest BCUT2D eigenvalue weighted by molar-refractivity contribution is 5.19. The zero-order valence-electron chi connectivity index (χ0n) is 13.4. The molecule has 2 heteroatoms. The van der Waals surface area contributed by atoms with Crippen molar-refractivity contribution < 1.29 is 4.74 Å². The molecule has 0 heterocycles. The van der Waals surface area contributed by atoms with Gasteiger partial charge in [0.2, 0.25) is 0 Å². The normalized spacial score (nSPS) is 24.2. The highest BCUT2D eigenvalue weighted by atomic mass is 16.5. The van der Waals surface area contributed by atoms with Crippen LogP contribution >= 0.6 is 0 Å². The number of nitrogens with one attached hydrogen (secondary N) is 1. The van der Waals surface area contributed by atoms with Gasteiger partial charge in [0, 0.05) is 18.7 Å². The number of hydrogen-bond acceptors (Lipinski definition) is 2. The molecule has 1 atom stereocenters. The predicted molar refractivity (Wildman–Crippen MR) is 84.8 cm³/mol. The lowest BCUT2D eigenvalue weighted by Crippen LogP contribution is -2.47. The van der Waals surface area contributed by atoms with E-state index in [1.54, 1.807) is 0 Å². The molecule has 0 bridgehead atoms.